The summed E-state index contributed by atoms with van der Waals surface area (Å²) < 4.78 is 104. The molecule has 1 fully saturated rings. The molecular weight excluding hydrogens is 434 g/mol. The van der Waals surface area contributed by atoms with Crippen LogP contribution in [0.25, 0.3) is 5.57 Å². The molecule has 1 aromatic carbocycles. The molecule has 154 valence electrons. The van der Waals surface area contributed by atoms with Crippen LogP contribution in [0.3, 0.4) is 0 Å². The first-order valence-corrected chi connectivity index (χ1v) is 9.40. The Labute approximate surface area is 161 Å². The highest BCUT2D eigenvalue weighted by molar-refractivity contribution is 7.96. The highest BCUT2D eigenvalue weighted by atomic mass is 35.5. The normalized spacial score (nSPS) is 23.5. The molecule has 1 saturated carbocycles. The van der Waals surface area contributed by atoms with Gasteiger partial charge in [0.1, 0.15) is 11.9 Å². The Morgan fingerprint density at radius 3 is 2.36 bits per heavy atom. The van der Waals surface area contributed by atoms with Crippen molar-refractivity contribution in [3.05, 3.63) is 63.3 Å². The maximum Gasteiger partial charge on any atom is 0.501 e. The molecule has 11 heteroatoms. The Morgan fingerprint density at radius 2 is 1.89 bits per heavy atom. The fourth-order valence-corrected chi connectivity index (χ4v) is 3.99. The zero-order valence-corrected chi connectivity index (χ0v) is 15.7. The van der Waals surface area contributed by atoms with Gasteiger partial charge in [-0.1, -0.05) is 24.3 Å². The lowest BCUT2D eigenvalue weighted by molar-refractivity contribution is -0.0736. The molecule has 0 saturated heterocycles. The van der Waals surface area contributed by atoms with Crippen LogP contribution in [0.5, 0.6) is 0 Å². The first-order valence-electron chi connectivity index (χ1n) is 7.54. The second kappa shape index (κ2) is 7.23. The number of benzene rings is 1. The number of hydrogen-bond donors (Lipinski definition) is 1. The van der Waals surface area contributed by atoms with Crippen LogP contribution in [0.15, 0.2) is 46.9 Å². The van der Waals surface area contributed by atoms with E-state index in [0.717, 1.165) is 24.3 Å². The molecule has 1 aliphatic rings. The van der Waals surface area contributed by atoms with Gasteiger partial charge in [0.25, 0.3) is 15.8 Å². The number of halogens is 7. The van der Waals surface area contributed by atoms with Crippen LogP contribution >= 0.6 is 11.6 Å². The Balaban J connectivity index is 2.91. The Hall–Kier alpha value is -1.78. The molecule has 0 heterocycles. The highest BCUT2D eigenvalue weighted by Gasteiger charge is 2.55. The number of alkyl halides is 5. The van der Waals surface area contributed by atoms with E-state index >= 15 is 0 Å². The van der Waals surface area contributed by atoms with Crippen molar-refractivity contribution in [3.63, 3.8) is 0 Å². The van der Waals surface area contributed by atoms with E-state index in [-0.39, 0.29) is 16.2 Å². The van der Waals surface area contributed by atoms with Gasteiger partial charge in [-0.3, -0.25) is 0 Å². The molecule has 1 atom stereocenters. The molecular formula is C17H13ClF6O3S. The number of allylic oxidation sites excluding steroid dienone is 3. The summed E-state index contributed by atoms with van der Waals surface area (Å²) in [6.07, 6.45) is -3.13. The third-order valence-corrected chi connectivity index (χ3v) is 6.05. The molecule has 1 aromatic rings. The van der Waals surface area contributed by atoms with E-state index in [1.54, 1.807) is 0 Å². The fraction of sp³-hybridized carbons (Fsp3) is 0.294. The average Bonchev–Trinajstić information content (AvgIpc) is 2.75. The van der Waals surface area contributed by atoms with Crippen molar-refractivity contribution in [2.24, 2.45) is 0 Å². The van der Waals surface area contributed by atoms with Crippen molar-refractivity contribution in [2.45, 2.75) is 30.9 Å². The predicted molar refractivity (Wildman–Crippen MR) is 91.8 cm³/mol. The molecule has 0 aromatic heterocycles. The molecule has 0 aliphatic heterocycles. The summed E-state index contributed by atoms with van der Waals surface area (Å²) in [4.78, 5) is -1.47. The lowest BCUT2D eigenvalue weighted by Crippen LogP contribution is -2.30. The summed E-state index contributed by atoms with van der Waals surface area (Å²) in [6, 6.07) is 2.91. The van der Waals surface area contributed by atoms with E-state index in [1.807, 2.05) is 0 Å². The van der Waals surface area contributed by atoms with Gasteiger partial charge in [0, 0.05) is 17.0 Å². The van der Waals surface area contributed by atoms with Crippen molar-refractivity contribution >= 4 is 27.0 Å². The van der Waals surface area contributed by atoms with Crippen LogP contribution < -0.4 is 0 Å². The number of aliphatic hydroxyl groups excluding tert-OH is 1. The zero-order valence-electron chi connectivity index (χ0n) is 14.1. The van der Waals surface area contributed by atoms with E-state index in [2.05, 4.69) is 6.58 Å². The highest BCUT2D eigenvalue weighted by Crippen LogP contribution is 2.49. The summed E-state index contributed by atoms with van der Waals surface area (Å²) in [5.41, 5.74) is -7.85. The predicted octanol–water partition coefficient (Wildman–Crippen LogP) is 5.03. The first-order chi connectivity index (χ1) is 12.6. The summed E-state index contributed by atoms with van der Waals surface area (Å²) in [5, 5.41) is 9.74. The minimum Gasteiger partial charge on any atom is -0.382 e. The summed E-state index contributed by atoms with van der Waals surface area (Å²) in [6.45, 7) is 3.85. The SMILES string of the molecule is C=C/C(=C1/CC(F)(F)[C@@H](O)/C1=C(/C)S(=O)(=O)C(F)(F)F)c1cc(F)cc(Cl)c1. The molecule has 2 rings (SSSR count). The molecule has 0 radical (unpaired) electrons. The lowest BCUT2D eigenvalue weighted by atomic mass is 9.95. The standard InChI is InChI=1S/C17H13ClF6O3S/c1-3-12(9-4-10(18)6-11(19)5-9)13-7-16(20,21)15(25)14(13)8(2)28(26,27)17(22,23)24/h3-6,15,25H,1,7H2,2H3/b13-12+,14-8-/t15-/m0/s1. The molecule has 0 spiro atoms. The largest absolute Gasteiger partial charge is 0.501 e. The second-order valence-corrected chi connectivity index (χ2v) is 8.53. The molecule has 3 nitrogen and oxygen atoms in total. The third-order valence-electron chi connectivity index (χ3n) is 4.20. The Kier molecular flexibility index (Phi) is 5.82. The third kappa shape index (κ3) is 3.85. The maximum atomic E-state index is 14.1. The van der Waals surface area contributed by atoms with Gasteiger partial charge in [-0.2, -0.15) is 13.2 Å². The second-order valence-electron chi connectivity index (χ2n) is 6.01. The Bertz CT molecular complexity index is 972. The van der Waals surface area contributed by atoms with Gasteiger partial charge in [-0.15, -0.1) is 0 Å². The van der Waals surface area contributed by atoms with Gasteiger partial charge >= 0.3 is 5.51 Å². The minimum absolute atomic E-state index is 0.116. The van der Waals surface area contributed by atoms with Crippen LogP contribution in [-0.2, 0) is 9.84 Å². The van der Waals surface area contributed by atoms with Crippen molar-refractivity contribution < 1.29 is 39.9 Å². The quantitative estimate of drug-likeness (QED) is 0.663. The number of rotatable bonds is 3. The van der Waals surface area contributed by atoms with Gasteiger partial charge in [0.15, 0.2) is 0 Å². The zero-order chi connectivity index (χ0) is 21.7. The van der Waals surface area contributed by atoms with Crippen LogP contribution in [-0.4, -0.2) is 31.1 Å². The minimum atomic E-state index is -6.00. The molecule has 0 unspecified atom stereocenters. The molecule has 1 N–H and O–H groups in total. The maximum absolute atomic E-state index is 14.1. The van der Waals surface area contributed by atoms with Gasteiger partial charge in [-0.25, -0.2) is 21.6 Å². The Morgan fingerprint density at radius 1 is 1.32 bits per heavy atom. The number of hydrogen-bond acceptors (Lipinski definition) is 3. The molecule has 0 amide bonds. The molecule has 0 bridgehead atoms. The number of aliphatic hydroxyl groups is 1. The summed E-state index contributed by atoms with van der Waals surface area (Å²) in [5.74, 6) is -4.81. The van der Waals surface area contributed by atoms with E-state index in [9.17, 15) is 39.9 Å². The van der Waals surface area contributed by atoms with Crippen LogP contribution in [0, 0.1) is 5.82 Å². The van der Waals surface area contributed by atoms with Crippen molar-refractivity contribution in [2.75, 3.05) is 0 Å². The topological polar surface area (TPSA) is 54.4 Å². The van der Waals surface area contributed by atoms with Gasteiger partial charge in [-0.05, 0) is 41.8 Å². The first kappa shape index (κ1) is 22.5. The lowest BCUT2D eigenvalue weighted by Gasteiger charge is -2.17. The van der Waals surface area contributed by atoms with Gasteiger partial charge < -0.3 is 5.11 Å². The van der Waals surface area contributed by atoms with E-state index in [1.165, 1.54) is 0 Å². The fourth-order valence-electron chi connectivity index (χ4n) is 2.89. The average molecular weight is 447 g/mol. The summed E-state index contributed by atoms with van der Waals surface area (Å²) >= 11 is 5.72. The van der Waals surface area contributed by atoms with E-state index in [0.29, 0.717) is 6.92 Å². The van der Waals surface area contributed by atoms with E-state index < -0.39 is 55.7 Å². The van der Waals surface area contributed by atoms with Crippen LogP contribution in [0.4, 0.5) is 26.3 Å². The van der Waals surface area contributed by atoms with Gasteiger partial charge in [0.05, 0.1) is 4.91 Å². The van der Waals surface area contributed by atoms with Crippen molar-refractivity contribution in [1.29, 1.82) is 0 Å². The van der Waals surface area contributed by atoms with Crippen molar-refractivity contribution in [1.82, 2.24) is 0 Å². The smallest absolute Gasteiger partial charge is 0.382 e. The van der Waals surface area contributed by atoms with Gasteiger partial charge in [0.2, 0.25) is 0 Å². The summed E-state index contributed by atoms with van der Waals surface area (Å²) in [7, 11) is -6.00. The monoisotopic (exact) mass is 446 g/mol. The molecule has 28 heavy (non-hydrogen) atoms. The van der Waals surface area contributed by atoms with Crippen LogP contribution in [0.1, 0.15) is 18.9 Å². The number of sulfone groups is 1. The molecule has 1 aliphatic carbocycles. The van der Waals surface area contributed by atoms with Crippen molar-refractivity contribution in [3.8, 4) is 0 Å². The van der Waals surface area contributed by atoms with Crippen LogP contribution in [0.2, 0.25) is 5.02 Å². The van der Waals surface area contributed by atoms with E-state index in [4.69, 9.17) is 11.6 Å².